The van der Waals surface area contributed by atoms with Crippen LogP contribution in [0, 0.1) is 0 Å². The van der Waals surface area contributed by atoms with Crippen LogP contribution in [0.25, 0.3) is 11.1 Å². The quantitative estimate of drug-likeness (QED) is 0.108. The molecule has 1 N–H and O–H groups in total. The molecule has 43 heavy (non-hydrogen) atoms. The molecule has 1 atom stereocenters. The number of carbonyl (C=O) groups excluding carboxylic acids is 2. The molecule has 0 saturated heterocycles. The number of esters is 1. The van der Waals surface area contributed by atoms with Gasteiger partial charge in [-0.2, -0.15) is 12.6 Å². The fraction of sp³-hybridized carbons (Fsp3) is 0.135. The predicted molar refractivity (Wildman–Crippen MR) is 171 cm³/mol. The molecule has 0 fully saturated rings. The summed E-state index contributed by atoms with van der Waals surface area (Å²) in [5, 5.41) is 2.70. The smallest absolute Gasteiger partial charge is 0.407 e. The number of hydrogen-bond acceptors (Lipinski definition) is 5. The zero-order chi connectivity index (χ0) is 29.6. The van der Waals surface area contributed by atoms with Crippen molar-refractivity contribution in [3.05, 3.63) is 167 Å². The molecule has 0 saturated carbocycles. The van der Waals surface area contributed by atoms with Crippen molar-refractivity contribution >= 4 is 24.7 Å². The first kappa shape index (κ1) is 28.3. The maximum atomic E-state index is 13.9. The number of carbonyl (C=O) groups is 2. The Hall–Kier alpha value is -4.81. The van der Waals surface area contributed by atoms with Crippen molar-refractivity contribution in [2.24, 2.45) is 0 Å². The molecule has 214 valence electrons. The van der Waals surface area contributed by atoms with E-state index < -0.39 is 23.7 Å². The lowest BCUT2D eigenvalue weighted by Crippen LogP contribution is -2.47. The van der Waals surface area contributed by atoms with Gasteiger partial charge in [0.25, 0.3) is 0 Å². The summed E-state index contributed by atoms with van der Waals surface area (Å²) in [7, 11) is 0. The van der Waals surface area contributed by atoms with Crippen LogP contribution in [0.15, 0.2) is 140 Å². The number of nitrogens with one attached hydrogen (secondary N) is 1. The van der Waals surface area contributed by atoms with Crippen LogP contribution in [0.4, 0.5) is 4.79 Å². The summed E-state index contributed by atoms with van der Waals surface area (Å²) in [5.74, 6) is -0.696. The van der Waals surface area contributed by atoms with E-state index >= 15 is 0 Å². The minimum Gasteiger partial charge on any atom is -0.449 e. The largest absolute Gasteiger partial charge is 0.449 e. The first-order valence-corrected chi connectivity index (χ1v) is 14.9. The number of fused-ring (bicyclic) bond motifs is 3. The molecule has 0 radical (unpaired) electrons. The summed E-state index contributed by atoms with van der Waals surface area (Å²) in [6.07, 6.45) is -0.706. The molecule has 6 heteroatoms. The summed E-state index contributed by atoms with van der Waals surface area (Å²) >= 11 is 4.40. The number of alkyl carbamates (subject to hydrolysis) is 1. The van der Waals surface area contributed by atoms with E-state index in [-0.39, 0.29) is 18.3 Å². The van der Waals surface area contributed by atoms with E-state index in [1.807, 2.05) is 115 Å². The third-order valence-corrected chi connectivity index (χ3v) is 8.26. The Kier molecular flexibility index (Phi) is 8.29. The van der Waals surface area contributed by atoms with Crippen molar-refractivity contribution in [2.75, 3.05) is 12.4 Å². The van der Waals surface area contributed by atoms with E-state index in [4.69, 9.17) is 9.47 Å². The molecule has 6 rings (SSSR count). The SMILES string of the molecule is O=C(N[C@H](CS)C(=O)OC(c1ccccc1)(c1ccccc1)c1ccccc1)OCC1c2ccccc2-c2ccccc21. The third-order valence-electron chi connectivity index (χ3n) is 7.90. The van der Waals surface area contributed by atoms with E-state index in [0.717, 1.165) is 38.9 Å². The van der Waals surface area contributed by atoms with Crippen LogP contribution in [-0.2, 0) is 19.9 Å². The van der Waals surface area contributed by atoms with Crippen LogP contribution in [0.5, 0.6) is 0 Å². The highest BCUT2D eigenvalue weighted by atomic mass is 32.1. The highest BCUT2D eigenvalue weighted by molar-refractivity contribution is 7.80. The average Bonchev–Trinajstić information content (AvgIpc) is 3.39. The van der Waals surface area contributed by atoms with E-state index in [1.54, 1.807) is 0 Å². The molecule has 5 aromatic carbocycles. The zero-order valence-electron chi connectivity index (χ0n) is 23.4. The fourth-order valence-electron chi connectivity index (χ4n) is 5.88. The van der Waals surface area contributed by atoms with Gasteiger partial charge in [-0.05, 0) is 22.3 Å². The lowest BCUT2D eigenvalue weighted by atomic mass is 9.80. The highest BCUT2D eigenvalue weighted by Gasteiger charge is 2.42. The molecule has 5 nitrogen and oxygen atoms in total. The highest BCUT2D eigenvalue weighted by Crippen LogP contribution is 2.44. The van der Waals surface area contributed by atoms with E-state index in [2.05, 4.69) is 42.2 Å². The molecule has 5 aromatic rings. The van der Waals surface area contributed by atoms with Gasteiger partial charge >= 0.3 is 12.1 Å². The monoisotopic (exact) mass is 585 g/mol. The van der Waals surface area contributed by atoms with Gasteiger partial charge in [0, 0.05) is 28.4 Å². The van der Waals surface area contributed by atoms with Crippen molar-refractivity contribution in [3.63, 3.8) is 0 Å². The van der Waals surface area contributed by atoms with Crippen molar-refractivity contribution in [1.29, 1.82) is 0 Å². The van der Waals surface area contributed by atoms with Crippen LogP contribution >= 0.6 is 12.6 Å². The van der Waals surface area contributed by atoms with Crippen LogP contribution in [-0.4, -0.2) is 30.5 Å². The Morgan fingerprint density at radius 3 is 1.51 bits per heavy atom. The molecular formula is C37H31NO4S. The average molecular weight is 586 g/mol. The summed E-state index contributed by atoms with van der Waals surface area (Å²) in [5.41, 5.74) is 5.58. The number of thiol groups is 1. The number of benzene rings is 5. The van der Waals surface area contributed by atoms with E-state index in [9.17, 15) is 9.59 Å². The first-order chi connectivity index (χ1) is 21.1. The van der Waals surface area contributed by atoms with Crippen molar-refractivity contribution in [2.45, 2.75) is 17.6 Å². The third kappa shape index (κ3) is 5.54. The van der Waals surface area contributed by atoms with Gasteiger partial charge in [0.1, 0.15) is 12.6 Å². The number of ether oxygens (including phenoxy) is 2. The number of hydrogen-bond donors (Lipinski definition) is 2. The molecule has 1 amide bonds. The van der Waals surface area contributed by atoms with Gasteiger partial charge in [-0.15, -0.1) is 0 Å². The van der Waals surface area contributed by atoms with Gasteiger partial charge in [-0.25, -0.2) is 9.59 Å². The lowest BCUT2D eigenvalue weighted by molar-refractivity contribution is -0.155. The van der Waals surface area contributed by atoms with Crippen LogP contribution in [0.3, 0.4) is 0 Å². The fourth-order valence-corrected chi connectivity index (χ4v) is 6.12. The number of amides is 1. The summed E-state index contributed by atoms with van der Waals surface area (Å²) in [4.78, 5) is 27.0. The molecule has 0 aromatic heterocycles. The van der Waals surface area contributed by atoms with Crippen LogP contribution in [0.1, 0.15) is 33.7 Å². The predicted octanol–water partition coefficient (Wildman–Crippen LogP) is 7.36. The Labute approximate surface area is 256 Å². The molecule has 0 heterocycles. The first-order valence-electron chi connectivity index (χ1n) is 14.2. The van der Waals surface area contributed by atoms with Crippen molar-refractivity contribution in [3.8, 4) is 11.1 Å². The normalized spacial score (nSPS) is 13.0. The van der Waals surface area contributed by atoms with Crippen LogP contribution < -0.4 is 5.32 Å². The molecule has 0 unspecified atom stereocenters. The molecule has 1 aliphatic carbocycles. The van der Waals surface area contributed by atoms with Gasteiger partial charge < -0.3 is 14.8 Å². The second kappa shape index (κ2) is 12.6. The molecule has 0 aliphatic heterocycles. The Morgan fingerprint density at radius 2 is 1.07 bits per heavy atom. The standard InChI is InChI=1S/C37H31NO4S/c39-35(42-37(26-14-4-1-5-15-26,27-16-6-2-7-17-27)28-18-8-3-9-19-28)34(25-43)38-36(40)41-24-33-31-22-12-10-20-29(31)30-21-11-13-23-32(30)33/h1-23,33-34,43H,24-25H2,(H,38,40)/t34-/m1/s1. The summed E-state index contributed by atoms with van der Waals surface area (Å²) in [6, 6.07) is 44.1. The van der Waals surface area contributed by atoms with Gasteiger partial charge in [0.15, 0.2) is 5.60 Å². The van der Waals surface area contributed by atoms with Crippen molar-refractivity contribution < 1.29 is 19.1 Å². The van der Waals surface area contributed by atoms with E-state index in [1.165, 1.54) is 0 Å². The molecular weight excluding hydrogens is 554 g/mol. The molecule has 0 bridgehead atoms. The minimum atomic E-state index is -1.26. The van der Waals surface area contributed by atoms with Crippen LogP contribution in [0.2, 0.25) is 0 Å². The van der Waals surface area contributed by atoms with Gasteiger partial charge in [0.2, 0.25) is 0 Å². The van der Waals surface area contributed by atoms with Gasteiger partial charge in [-0.3, -0.25) is 0 Å². The summed E-state index contributed by atoms with van der Waals surface area (Å²) < 4.78 is 12.2. The molecule has 1 aliphatic rings. The maximum absolute atomic E-state index is 13.9. The second-order valence-corrected chi connectivity index (χ2v) is 10.8. The zero-order valence-corrected chi connectivity index (χ0v) is 24.3. The summed E-state index contributed by atoms with van der Waals surface area (Å²) in [6.45, 7) is 0.135. The topological polar surface area (TPSA) is 64.6 Å². The maximum Gasteiger partial charge on any atom is 0.407 e. The van der Waals surface area contributed by atoms with Crippen molar-refractivity contribution in [1.82, 2.24) is 5.32 Å². The van der Waals surface area contributed by atoms with Gasteiger partial charge in [-0.1, -0.05) is 140 Å². The lowest BCUT2D eigenvalue weighted by Gasteiger charge is -2.36. The number of rotatable bonds is 9. The minimum absolute atomic E-state index is 0.0253. The second-order valence-electron chi connectivity index (χ2n) is 10.4. The molecule has 0 spiro atoms. The van der Waals surface area contributed by atoms with E-state index in [0.29, 0.717) is 0 Å². The Morgan fingerprint density at radius 1 is 0.651 bits per heavy atom. The Balaban J connectivity index is 1.24. The Bertz CT molecular complexity index is 1570. The van der Waals surface area contributed by atoms with Gasteiger partial charge in [0.05, 0.1) is 0 Å².